The quantitative estimate of drug-likeness (QED) is 0.790. The third kappa shape index (κ3) is 4.76. The number of thioether (sulfide) groups is 1. The maximum Gasteiger partial charge on any atom is 0.238 e. The number of sulfonamides is 1. The van der Waals surface area contributed by atoms with E-state index in [4.69, 9.17) is 5.14 Å². The Labute approximate surface area is 142 Å². The Kier molecular flexibility index (Phi) is 5.58. The van der Waals surface area contributed by atoms with Gasteiger partial charge >= 0.3 is 0 Å². The second kappa shape index (κ2) is 7.29. The highest BCUT2D eigenvalue weighted by Gasteiger charge is 2.16. The predicted molar refractivity (Wildman–Crippen MR) is 88.1 cm³/mol. The molecule has 0 fully saturated rings. The van der Waals surface area contributed by atoms with Gasteiger partial charge in [-0.1, -0.05) is 6.07 Å². The molecule has 5 nitrogen and oxygen atoms in total. The molecule has 0 bridgehead atoms. The number of hydrogen-bond donors (Lipinski definition) is 2. The van der Waals surface area contributed by atoms with Gasteiger partial charge in [0.1, 0.15) is 0 Å². The molecule has 2 aromatic rings. The fourth-order valence-electron chi connectivity index (χ4n) is 1.80. The van der Waals surface area contributed by atoms with Gasteiger partial charge in [0.15, 0.2) is 11.6 Å². The van der Waals surface area contributed by atoms with Crippen LogP contribution in [0, 0.1) is 11.6 Å². The van der Waals surface area contributed by atoms with E-state index in [1.54, 1.807) is 6.92 Å². The van der Waals surface area contributed by atoms with Gasteiger partial charge < -0.3 is 5.32 Å². The van der Waals surface area contributed by atoms with Crippen molar-refractivity contribution in [2.45, 2.75) is 22.0 Å². The third-order valence-corrected chi connectivity index (χ3v) is 5.01. The lowest BCUT2D eigenvalue weighted by Crippen LogP contribution is -2.22. The van der Waals surface area contributed by atoms with Crippen LogP contribution in [-0.2, 0) is 14.8 Å². The summed E-state index contributed by atoms with van der Waals surface area (Å²) in [6.45, 7) is 1.59. The SMILES string of the molecule is CC(Sc1ccc(F)c(F)c1)C(=O)Nc1cccc(S(N)(=O)=O)c1. The normalized spacial score (nSPS) is 12.7. The molecular weight excluding hydrogens is 358 g/mol. The van der Waals surface area contributed by atoms with Crippen molar-refractivity contribution in [2.24, 2.45) is 5.14 Å². The number of amides is 1. The van der Waals surface area contributed by atoms with E-state index in [0.717, 1.165) is 23.9 Å². The summed E-state index contributed by atoms with van der Waals surface area (Å²) in [5, 5.41) is 6.97. The van der Waals surface area contributed by atoms with Crippen molar-refractivity contribution in [3.63, 3.8) is 0 Å². The standard InChI is InChI=1S/C15H14F2N2O3S2/c1-9(23-11-5-6-13(16)14(17)8-11)15(20)19-10-3-2-4-12(7-10)24(18,21)22/h2-9H,1H3,(H,19,20)(H2,18,21,22). The van der Waals surface area contributed by atoms with Crippen LogP contribution in [0.3, 0.4) is 0 Å². The summed E-state index contributed by atoms with van der Waals surface area (Å²) < 4.78 is 48.7. The van der Waals surface area contributed by atoms with Gasteiger partial charge in [0.25, 0.3) is 0 Å². The molecule has 2 aromatic carbocycles. The first-order valence-electron chi connectivity index (χ1n) is 6.72. The summed E-state index contributed by atoms with van der Waals surface area (Å²) in [7, 11) is -3.87. The van der Waals surface area contributed by atoms with Crippen molar-refractivity contribution in [2.75, 3.05) is 5.32 Å². The zero-order valence-corrected chi connectivity index (χ0v) is 14.1. The molecule has 2 rings (SSSR count). The first kappa shape index (κ1) is 18.4. The van der Waals surface area contributed by atoms with E-state index in [1.807, 2.05) is 0 Å². The molecule has 0 aliphatic carbocycles. The Morgan fingerprint density at radius 3 is 2.50 bits per heavy atom. The molecule has 0 saturated heterocycles. The van der Waals surface area contributed by atoms with E-state index in [2.05, 4.69) is 5.32 Å². The highest BCUT2D eigenvalue weighted by atomic mass is 32.2. The average molecular weight is 372 g/mol. The summed E-state index contributed by atoms with van der Waals surface area (Å²) in [5.74, 6) is -2.37. The second-order valence-electron chi connectivity index (χ2n) is 4.90. The van der Waals surface area contributed by atoms with E-state index in [1.165, 1.54) is 30.3 Å². The Hall–Kier alpha value is -1.97. The average Bonchev–Trinajstić information content (AvgIpc) is 2.50. The predicted octanol–water partition coefficient (Wildman–Crippen LogP) is 2.73. The van der Waals surface area contributed by atoms with Gasteiger partial charge in [-0.2, -0.15) is 0 Å². The van der Waals surface area contributed by atoms with Gasteiger partial charge in [-0.15, -0.1) is 11.8 Å². The van der Waals surface area contributed by atoms with E-state index >= 15 is 0 Å². The molecule has 1 unspecified atom stereocenters. The smallest absolute Gasteiger partial charge is 0.238 e. The van der Waals surface area contributed by atoms with Crippen LogP contribution in [0.2, 0.25) is 0 Å². The van der Waals surface area contributed by atoms with Crippen molar-refractivity contribution in [1.29, 1.82) is 0 Å². The molecule has 1 atom stereocenters. The molecular formula is C15H14F2N2O3S2. The van der Waals surface area contributed by atoms with Crippen LogP contribution < -0.4 is 10.5 Å². The summed E-state index contributed by atoms with van der Waals surface area (Å²) in [4.78, 5) is 12.4. The molecule has 0 saturated carbocycles. The molecule has 9 heteroatoms. The number of nitrogens with one attached hydrogen (secondary N) is 1. The number of carbonyl (C=O) groups excluding carboxylic acids is 1. The van der Waals surface area contributed by atoms with Gasteiger partial charge in [-0.05, 0) is 43.3 Å². The van der Waals surface area contributed by atoms with Crippen LogP contribution in [-0.4, -0.2) is 19.6 Å². The molecule has 0 aliphatic heterocycles. The topological polar surface area (TPSA) is 89.3 Å². The molecule has 24 heavy (non-hydrogen) atoms. The number of anilines is 1. The number of hydrogen-bond acceptors (Lipinski definition) is 4. The van der Waals surface area contributed by atoms with E-state index in [0.29, 0.717) is 4.90 Å². The Balaban J connectivity index is 2.07. The minimum absolute atomic E-state index is 0.124. The minimum atomic E-state index is -3.87. The molecule has 0 aliphatic rings. The van der Waals surface area contributed by atoms with Crippen molar-refractivity contribution in [3.8, 4) is 0 Å². The maximum absolute atomic E-state index is 13.2. The summed E-state index contributed by atoms with van der Waals surface area (Å²) >= 11 is 1.04. The van der Waals surface area contributed by atoms with Crippen molar-refractivity contribution >= 4 is 33.4 Å². The first-order chi connectivity index (χ1) is 11.2. The monoisotopic (exact) mass is 372 g/mol. The number of rotatable bonds is 5. The Bertz CT molecular complexity index is 873. The Morgan fingerprint density at radius 1 is 1.17 bits per heavy atom. The lowest BCUT2D eigenvalue weighted by atomic mass is 10.3. The van der Waals surface area contributed by atoms with Crippen LogP contribution in [0.15, 0.2) is 52.3 Å². The van der Waals surface area contributed by atoms with Gasteiger partial charge in [0, 0.05) is 10.6 Å². The van der Waals surface area contributed by atoms with Gasteiger partial charge in [-0.25, -0.2) is 22.3 Å². The van der Waals surface area contributed by atoms with Crippen molar-refractivity contribution in [1.82, 2.24) is 0 Å². The van der Waals surface area contributed by atoms with Gasteiger partial charge in [0.2, 0.25) is 15.9 Å². The van der Waals surface area contributed by atoms with Crippen LogP contribution in [0.5, 0.6) is 0 Å². The largest absolute Gasteiger partial charge is 0.325 e. The molecule has 3 N–H and O–H groups in total. The minimum Gasteiger partial charge on any atom is -0.325 e. The molecule has 0 heterocycles. The number of primary sulfonamides is 1. The third-order valence-electron chi connectivity index (χ3n) is 3.00. The van der Waals surface area contributed by atoms with Crippen molar-refractivity contribution in [3.05, 3.63) is 54.1 Å². The fourth-order valence-corrected chi connectivity index (χ4v) is 3.25. The number of nitrogens with two attached hydrogens (primary N) is 1. The van der Waals surface area contributed by atoms with Gasteiger partial charge in [-0.3, -0.25) is 4.79 Å². The molecule has 0 spiro atoms. The number of halogens is 2. The van der Waals surface area contributed by atoms with Crippen LogP contribution in [0.1, 0.15) is 6.92 Å². The first-order valence-corrected chi connectivity index (χ1v) is 9.15. The lowest BCUT2D eigenvalue weighted by Gasteiger charge is -2.12. The molecule has 0 aromatic heterocycles. The fraction of sp³-hybridized carbons (Fsp3) is 0.133. The molecule has 128 valence electrons. The van der Waals surface area contributed by atoms with Gasteiger partial charge in [0.05, 0.1) is 10.1 Å². The summed E-state index contributed by atoms with van der Waals surface area (Å²) in [6.07, 6.45) is 0. The summed E-state index contributed by atoms with van der Waals surface area (Å²) in [6, 6.07) is 8.87. The van der Waals surface area contributed by atoms with E-state index in [9.17, 15) is 22.0 Å². The summed E-state index contributed by atoms with van der Waals surface area (Å²) in [5.41, 5.74) is 0.268. The van der Waals surface area contributed by atoms with Crippen LogP contribution in [0.25, 0.3) is 0 Å². The zero-order chi connectivity index (χ0) is 17.9. The zero-order valence-electron chi connectivity index (χ0n) is 12.5. The maximum atomic E-state index is 13.2. The molecule has 0 radical (unpaired) electrons. The second-order valence-corrected chi connectivity index (χ2v) is 7.87. The lowest BCUT2D eigenvalue weighted by molar-refractivity contribution is -0.115. The number of benzene rings is 2. The van der Waals surface area contributed by atoms with E-state index in [-0.39, 0.29) is 10.6 Å². The van der Waals surface area contributed by atoms with Crippen LogP contribution in [0.4, 0.5) is 14.5 Å². The number of carbonyl (C=O) groups is 1. The Morgan fingerprint density at radius 2 is 1.88 bits per heavy atom. The van der Waals surface area contributed by atoms with Crippen LogP contribution >= 0.6 is 11.8 Å². The highest BCUT2D eigenvalue weighted by molar-refractivity contribution is 8.00. The van der Waals surface area contributed by atoms with E-state index < -0.39 is 32.8 Å². The van der Waals surface area contributed by atoms with Crippen molar-refractivity contribution < 1.29 is 22.0 Å². The highest BCUT2D eigenvalue weighted by Crippen LogP contribution is 2.26. The molecule has 1 amide bonds.